The second-order valence-corrected chi connectivity index (χ2v) is 9.31. The molecule has 0 heterocycles. The van der Waals surface area contributed by atoms with Crippen LogP contribution in [-0.4, -0.2) is 20.9 Å². The van der Waals surface area contributed by atoms with E-state index in [1.54, 1.807) is 0 Å². The van der Waals surface area contributed by atoms with Crippen LogP contribution in [-0.2, 0) is 14.8 Å². The first-order valence-corrected chi connectivity index (χ1v) is 11.6. The van der Waals surface area contributed by atoms with Gasteiger partial charge in [0.2, 0.25) is 0 Å². The summed E-state index contributed by atoms with van der Waals surface area (Å²) in [6, 6.07) is 18.1. The molecule has 0 aromatic heterocycles. The zero-order valence-corrected chi connectivity index (χ0v) is 18.9. The molecule has 0 spiro atoms. The number of carbonyl (C=O) groups excluding carboxylic acids is 1. The van der Waals surface area contributed by atoms with E-state index in [0.29, 0.717) is 5.75 Å². The zero-order valence-electron chi connectivity index (χ0n) is 16.5. The molecule has 2 N–H and O–H groups in total. The van der Waals surface area contributed by atoms with Gasteiger partial charge in [-0.2, -0.15) is 0 Å². The molecule has 3 rings (SSSR count). The summed E-state index contributed by atoms with van der Waals surface area (Å²) in [6.07, 6.45) is 0. The van der Waals surface area contributed by atoms with E-state index in [9.17, 15) is 17.6 Å². The van der Waals surface area contributed by atoms with Crippen molar-refractivity contribution in [3.8, 4) is 5.75 Å². The van der Waals surface area contributed by atoms with Crippen LogP contribution in [0, 0.1) is 5.82 Å². The highest BCUT2D eigenvalue weighted by Gasteiger charge is 2.15. The summed E-state index contributed by atoms with van der Waals surface area (Å²) in [5.41, 5.74) is 1.21. The molecule has 0 unspecified atom stereocenters. The van der Waals surface area contributed by atoms with E-state index in [2.05, 4.69) is 26.0 Å². The number of hydrogen-bond donors (Lipinski definition) is 2. The monoisotopic (exact) mass is 506 g/mol. The molecule has 0 aliphatic heterocycles. The Morgan fingerprint density at radius 1 is 1.00 bits per heavy atom. The molecular formula is C22H20BrFN2O4S. The Morgan fingerprint density at radius 2 is 1.61 bits per heavy atom. The number of sulfonamides is 1. The number of amides is 1. The molecule has 0 bridgehead atoms. The SMILES string of the molecule is C[C@H](NC(=O)COc1ccc(S(=O)(=O)Nc2ccc(F)cc2)cc1)c1ccc(Br)cc1. The van der Waals surface area contributed by atoms with E-state index in [-0.39, 0.29) is 29.1 Å². The summed E-state index contributed by atoms with van der Waals surface area (Å²) in [5.74, 6) is -0.406. The predicted octanol–water partition coefficient (Wildman–Crippen LogP) is 4.65. The van der Waals surface area contributed by atoms with Crippen molar-refractivity contribution in [1.82, 2.24) is 5.32 Å². The molecule has 3 aromatic rings. The van der Waals surface area contributed by atoms with Crippen LogP contribution in [0.15, 0.2) is 82.2 Å². The molecule has 31 heavy (non-hydrogen) atoms. The molecule has 162 valence electrons. The van der Waals surface area contributed by atoms with E-state index in [0.717, 1.165) is 22.2 Å². The van der Waals surface area contributed by atoms with E-state index in [4.69, 9.17) is 4.74 Å². The highest BCUT2D eigenvalue weighted by Crippen LogP contribution is 2.20. The third-order valence-electron chi connectivity index (χ3n) is 4.35. The van der Waals surface area contributed by atoms with Crippen LogP contribution in [0.2, 0.25) is 0 Å². The zero-order chi connectivity index (χ0) is 22.4. The van der Waals surface area contributed by atoms with Crippen LogP contribution in [0.25, 0.3) is 0 Å². The van der Waals surface area contributed by atoms with Gasteiger partial charge in [-0.1, -0.05) is 28.1 Å². The van der Waals surface area contributed by atoms with E-state index in [1.165, 1.54) is 36.4 Å². The normalized spacial score (nSPS) is 12.1. The smallest absolute Gasteiger partial charge is 0.261 e. The maximum atomic E-state index is 13.0. The van der Waals surface area contributed by atoms with Crippen molar-refractivity contribution in [1.29, 1.82) is 0 Å². The highest BCUT2D eigenvalue weighted by atomic mass is 79.9. The Hall–Kier alpha value is -2.91. The van der Waals surface area contributed by atoms with E-state index >= 15 is 0 Å². The van der Waals surface area contributed by atoms with Crippen molar-refractivity contribution < 1.29 is 22.3 Å². The first kappa shape index (κ1) is 22.8. The van der Waals surface area contributed by atoms with Gasteiger partial charge >= 0.3 is 0 Å². The summed E-state index contributed by atoms with van der Waals surface area (Å²) in [4.78, 5) is 12.2. The average molecular weight is 507 g/mol. The number of nitrogens with one attached hydrogen (secondary N) is 2. The van der Waals surface area contributed by atoms with Gasteiger partial charge in [0.25, 0.3) is 15.9 Å². The van der Waals surface area contributed by atoms with Gasteiger partial charge in [-0.25, -0.2) is 12.8 Å². The fourth-order valence-electron chi connectivity index (χ4n) is 2.71. The van der Waals surface area contributed by atoms with Crippen LogP contribution in [0.3, 0.4) is 0 Å². The molecule has 6 nitrogen and oxygen atoms in total. The lowest BCUT2D eigenvalue weighted by Crippen LogP contribution is -2.31. The Morgan fingerprint density at radius 3 is 2.23 bits per heavy atom. The molecule has 0 saturated carbocycles. The van der Waals surface area contributed by atoms with Crippen molar-refractivity contribution in [2.45, 2.75) is 17.9 Å². The van der Waals surface area contributed by atoms with Gasteiger partial charge in [0, 0.05) is 10.2 Å². The Kier molecular flexibility index (Phi) is 7.29. The fourth-order valence-corrected chi connectivity index (χ4v) is 4.04. The quantitative estimate of drug-likeness (QED) is 0.465. The second kappa shape index (κ2) is 9.93. The number of hydrogen-bond acceptors (Lipinski definition) is 4. The summed E-state index contributed by atoms with van der Waals surface area (Å²) in [5, 5.41) is 2.84. The molecular weight excluding hydrogens is 487 g/mol. The Bertz CT molecular complexity index is 1140. The number of halogens is 2. The van der Waals surface area contributed by atoms with Crippen LogP contribution < -0.4 is 14.8 Å². The lowest BCUT2D eigenvalue weighted by Gasteiger charge is -2.15. The number of ether oxygens (including phenoxy) is 1. The van der Waals surface area contributed by atoms with Gasteiger partial charge in [-0.3, -0.25) is 9.52 Å². The molecule has 9 heteroatoms. The minimum atomic E-state index is -3.83. The number of anilines is 1. The van der Waals surface area contributed by atoms with Crippen LogP contribution >= 0.6 is 15.9 Å². The molecule has 1 atom stereocenters. The van der Waals surface area contributed by atoms with Gasteiger partial charge < -0.3 is 10.1 Å². The largest absolute Gasteiger partial charge is 0.484 e. The summed E-state index contributed by atoms with van der Waals surface area (Å²) >= 11 is 3.37. The Balaban J connectivity index is 1.54. The van der Waals surface area contributed by atoms with Crippen molar-refractivity contribution >= 4 is 37.5 Å². The van der Waals surface area contributed by atoms with Crippen LogP contribution in [0.1, 0.15) is 18.5 Å². The van der Waals surface area contributed by atoms with Crippen LogP contribution in [0.4, 0.5) is 10.1 Å². The summed E-state index contributed by atoms with van der Waals surface area (Å²) < 4.78 is 46.6. The van der Waals surface area contributed by atoms with Gasteiger partial charge in [-0.05, 0) is 73.2 Å². The van der Waals surface area contributed by atoms with Gasteiger partial charge in [-0.15, -0.1) is 0 Å². The first-order chi connectivity index (χ1) is 14.7. The minimum Gasteiger partial charge on any atom is -0.484 e. The molecule has 3 aromatic carbocycles. The molecule has 0 saturated heterocycles. The predicted molar refractivity (Wildman–Crippen MR) is 120 cm³/mol. The Labute approximate surface area is 188 Å². The third kappa shape index (κ3) is 6.53. The molecule has 0 aliphatic rings. The summed E-state index contributed by atoms with van der Waals surface area (Å²) in [7, 11) is -3.83. The fraction of sp³-hybridized carbons (Fsp3) is 0.136. The van der Waals surface area contributed by atoms with Crippen molar-refractivity contribution in [3.05, 3.63) is 88.6 Å². The number of benzene rings is 3. The molecule has 1 amide bonds. The highest BCUT2D eigenvalue weighted by molar-refractivity contribution is 9.10. The van der Waals surface area contributed by atoms with E-state index < -0.39 is 15.8 Å². The molecule has 0 aliphatic carbocycles. The number of carbonyl (C=O) groups is 1. The lowest BCUT2D eigenvalue weighted by atomic mass is 10.1. The van der Waals surface area contributed by atoms with E-state index in [1.807, 2.05) is 31.2 Å². The molecule has 0 fully saturated rings. The minimum absolute atomic E-state index is 0.0116. The number of rotatable bonds is 8. The van der Waals surface area contributed by atoms with Gasteiger partial charge in [0.1, 0.15) is 11.6 Å². The van der Waals surface area contributed by atoms with Crippen LogP contribution in [0.5, 0.6) is 5.75 Å². The van der Waals surface area contributed by atoms with Gasteiger partial charge in [0.15, 0.2) is 6.61 Å². The van der Waals surface area contributed by atoms with Crippen molar-refractivity contribution in [2.75, 3.05) is 11.3 Å². The first-order valence-electron chi connectivity index (χ1n) is 9.29. The molecule has 0 radical (unpaired) electrons. The standard InChI is InChI=1S/C22H20BrFN2O4S/c1-15(16-2-4-17(23)5-3-16)25-22(27)14-30-20-10-12-21(13-11-20)31(28,29)26-19-8-6-18(24)7-9-19/h2-13,15,26H,14H2,1H3,(H,25,27)/t15-/m0/s1. The maximum Gasteiger partial charge on any atom is 0.261 e. The topological polar surface area (TPSA) is 84.5 Å². The third-order valence-corrected chi connectivity index (χ3v) is 6.27. The van der Waals surface area contributed by atoms with Gasteiger partial charge in [0.05, 0.1) is 10.9 Å². The van der Waals surface area contributed by atoms with Crippen molar-refractivity contribution in [2.24, 2.45) is 0 Å². The van der Waals surface area contributed by atoms with Crippen molar-refractivity contribution in [3.63, 3.8) is 0 Å². The average Bonchev–Trinajstić information content (AvgIpc) is 2.74. The summed E-state index contributed by atoms with van der Waals surface area (Å²) in [6.45, 7) is 1.66. The second-order valence-electron chi connectivity index (χ2n) is 6.71. The maximum absolute atomic E-state index is 13.0. The lowest BCUT2D eigenvalue weighted by molar-refractivity contribution is -0.123.